The van der Waals surface area contributed by atoms with Gasteiger partial charge in [0.2, 0.25) is 0 Å². The Hall–Kier alpha value is -0.380. The van der Waals surface area contributed by atoms with Crippen molar-refractivity contribution in [3.05, 3.63) is 11.6 Å². The van der Waals surface area contributed by atoms with Crippen LogP contribution in [0.4, 0.5) is 0 Å². The Morgan fingerprint density at radius 3 is 2.50 bits per heavy atom. The molecule has 0 aliphatic heterocycles. The highest BCUT2D eigenvalue weighted by molar-refractivity contribution is 5.27. The molecule has 172 valence electrons. The minimum absolute atomic E-state index is 0.181. The van der Waals surface area contributed by atoms with E-state index in [2.05, 4.69) is 26.8 Å². The predicted molar refractivity (Wildman–Crippen MR) is 122 cm³/mol. The average molecular weight is 419 g/mol. The van der Waals surface area contributed by atoms with E-state index in [1.54, 1.807) is 0 Å². The van der Waals surface area contributed by atoms with Crippen molar-refractivity contribution in [2.45, 2.75) is 117 Å². The van der Waals surface area contributed by atoms with Crippen molar-refractivity contribution < 1.29 is 15.3 Å². The number of aliphatic hydroxyl groups is 3. The van der Waals surface area contributed by atoms with Gasteiger partial charge in [0.15, 0.2) is 0 Å². The van der Waals surface area contributed by atoms with Crippen LogP contribution in [0.5, 0.6) is 0 Å². The maximum absolute atomic E-state index is 11.3. The van der Waals surface area contributed by atoms with Crippen LogP contribution in [0, 0.1) is 40.4 Å². The summed E-state index contributed by atoms with van der Waals surface area (Å²) in [6.07, 6.45) is 12.6. The Balaban J connectivity index is 1.52. The molecule has 3 fully saturated rings. The number of hydrogen-bond donors (Lipinski definition) is 3. The summed E-state index contributed by atoms with van der Waals surface area (Å²) < 4.78 is 0. The zero-order chi connectivity index (χ0) is 21.9. The molecule has 3 N–H and O–H groups in total. The van der Waals surface area contributed by atoms with Crippen LogP contribution >= 0.6 is 0 Å². The van der Waals surface area contributed by atoms with Gasteiger partial charge in [0.1, 0.15) is 0 Å². The number of aliphatic hydroxyl groups excluding tert-OH is 2. The Morgan fingerprint density at radius 2 is 1.80 bits per heavy atom. The second-order valence-corrected chi connectivity index (χ2v) is 12.7. The highest BCUT2D eigenvalue weighted by atomic mass is 16.3. The fourth-order valence-electron chi connectivity index (χ4n) is 8.66. The molecule has 0 amide bonds. The lowest BCUT2D eigenvalue weighted by Gasteiger charge is -2.59. The molecule has 4 rings (SSSR count). The largest absolute Gasteiger partial charge is 0.393 e. The molecule has 0 aromatic carbocycles. The quantitative estimate of drug-likeness (QED) is 0.519. The molecule has 0 aromatic heterocycles. The highest BCUT2D eigenvalue weighted by Gasteiger charge is 2.61. The molecule has 0 spiro atoms. The zero-order valence-electron chi connectivity index (χ0n) is 20.0. The third-order valence-corrected chi connectivity index (χ3v) is 10.3. The summed E-state index contributed by atoms with van der Waals surface area (Å²) in [7, 11) is 0. The van der Waals surface area contributed by atoms with Crippen molar-refractivity contribution in [3.63, 3.8) is 0 Å². The van der Waals surface area contributed by atoms with E-state index in [-0.39, 0.29) is 17.6 Å². The van der Waals surface area contributed by atoms with Crippen molar-refractivity contribution in [2.24, 2.45) is 40.4 Å². The summed E-state index contributed by atoms with van der Waals surface area (Å²) >= 11 is 0. The maximum atomic E-state index is 11.3. The third kappa shape index (κ3) is 3.82. The standard InChI is InChI=1S/C27H46O3/c1-17(7-6-12-25(2,3)30)20-8-9-21-24-22(11-14-27(20,21)5)26(4)13-10-19(28)15-18(26)16-23(24)29/h16-17,19-24,28-30H,6-15H2,1-5H3/t17-,19+,20-,21+,22?,23-,24+,26+,27-/m1/s1. The summed E-state index contributed by atoms with van der Waals surface area (Å²) in [5, 5.41) is 31.6. The van der Waals surface area contributed by atoms with E-state index < -0.39 is 5.60 Å². The summed E-state index contributed by atoms with van der Waals surface area (Å²) in [4.78, 5) is 0. The van der Waals surface area contributed by atoms with Crippen LogP contribution in [0.15, 0.2) is 11.6 Å². The van der Waals surface area contributed by atoms with Crippen molar-refractivity contribution in [2.75, 3.05) is 0 Å². The first kappa shape index (κ1) is 22.8. The molecule has 0 aromatic rings. The van der Waals surface area contributed by atoms with E-state index in [0.717, 1.165) is 38.0 Å². The van der Waals surface area contributed by atoms with Crippen LogP contribution < -0.4 is 0 Å². The van der Waals surface area contributed by atoms with Gasteiger partial charge in [-0.3, -0.25) is 0 Å². The third-order valence-electron chi connectivity index (χ3n) is 10.3. The zero-order valence-corrected chi connectivity index (χ0v) is 20.0. The first-order chi connectivity index (χ1) is 14.0. The van der Waals surface area contributed by atoms with Crippen LogP contribution in [0.2, 0.25) is 0 Å². The average Bonchev–Trinajstić information content (AvgIpc) is 2.99. The predicted octanol–water partition coefficient (Wildman–Crippen LogP) is 5.47. The minimum atomic E-state index is -0.556. The van der Waals surface area contributed by atoms with Gasteiger partial charge in [0.25, 0.3) is 0 Å². The Labute approximate surface area is 184 Å². The first-order valence-corrected chi connectivity index (χ1v) is 12.8. The molecule has 3 heteroatoms. The van der Waals surface area contributed by atoms with Gasteiger partial charge in [-0.2, -0.15) is 0 Å². The smallest absolute Gasteiger partial charge is 0.0757 e. The van der Waals surface area contributed by atoms with Crippen molar-refractivity contribution >= 4 is 0 Å². The fraction of sp³-hybridized carbons (Fsp3) is 0.926. The highest BCUT2D eigenvalue weighted by Crippen LogP contribution is 2.67. The van der Waals surface area contributed by atoms with E-state index in [1.807, 2.05) is 13.8 Å². The van der Waals surface area contributed by atoms with Gasteiger partial charge in [-0.25, -0.2) is 0 Å². The van der Waals surface area contributed by atoms with Crippen LogP contribution in [0.3, 0.4) is 0 Å². The maximum Gasteiger partial charge on any atom is 0.0757 e. The van der Waals surface area contributed by atoms with Crippen LogP contribution in [-0.2, 0) is 0 Å². The molecule has 0 bridgehead atoms. The van der Waals surface area contributed by atoms with E-state index >= 15 is 0 Å². The van der Waals surface area contributed by atoms with Gasteiger partial charge in [0.05, 0.1) is 17.8 Å². The summed E-state index contributed by atoms with van der Waals surface area (Å²) in [5.41, 5.74) is 1.31. The molecule has 3 saturated carbocycles. The molecule has 0 saturated heterocycles. The Kier molecular flexibility index (Phi) is 5.99. The molecular formula is C27H46O3. The number of fused-ring (bicyclic) bond motifs is 5. The molecule has 4 aliphatic carbocycles. The number of rotatable bonds is 5. The SMILES string of the molecule is C[C@H](CCCC(C)(C)O)[C@H]1CC[C@H]2[C@H]3C(CC[C@]12C)[C@@]1(C)CC[C@H](O)CC1=C[C@H]3O. The van der Waals surface area contributed by atoms with Crippen LogP contribution in [0.25, 0.3) is 0 Å². The molecule has 3 nitrogen and oxygen atoms in total. The fourth-order valence-corrected chi connectivity index (χ4v) is 8.66. The van der Waals surface area contributed by atoms with Crippen molar-refractivity contribution in [1.82, 2.24) is 0 Å². The van der Waals surface area contributed by atoms with Gasteiger partial charge in [-0.05, 0) is 106 Å². The molecular weight excluding hydrogens is 372 g/mol. The summed E-state index contributed by atoms with van der Waals surface area (Å²) in [5.74, 6) is 3.01. The lowest BCUT2D eigenvalue weighted by Crippen LogP contribution is -2.54. The molecule has 9 atom stereocenters. The van der Waals surface area contributed by atoms with Crippen molar-refractivity contribution in [3.8, 4) is 0 Å². The van der Waals surface area contributed by atoms with Crippen molar-refractivity contribution in [1.29, 1.82) is 0 Å². The van der Waals surface area contributed by atoms with Crippen LogP contribution in [0.1, 0.15) is 98.8 Å². The lowest BCUT2D eigenvalue weighted by molar-refractivity contribution is -0.0971. The molecule has 30 heavy (non-hydrogen) atoms. The van der Waals surface area contributed by atoms with E-state index in [4.69, 9.17) is 0 Å². The van der Waals surface area contributed by atoms with E-state index in [9.17, 15) is 15.3 Å². The first-order valence-electron chi connectivity index (χ1n) is 12.8. The minimum Gasteiger partial charge on any atom is -0.393 e. The van der Waals surface area contributed by atoms with Crippen LogP contribution in [-0.4, -0.2) is 33.1 Å². The molecule has 4 aliphatic rings. The molecule has 1 unspecified atom stereocenters. The monoisotopic (exact) mass is 418 g/mol. The normalized spacial score (nSPS) is 47.1. The lowest BCUT2D eigenvalue weighted by atomic mass is 9.46. The second kappa shape index (κ2) is 7.89. The number of hydrogen-bond acceptors (Lipinski definition) is 3. The topological polar surface area (TPSA) is 60.7 Å². The van der Waals surface area contributed by atoms with Gasteiger partial charge in [-0.15, -0.1) is 0 Å². The molecule has 0 heterocycles. The van der Waals surface area contributed by atoms with E-state index in [0.29, 0.717) is 29.1 Å². The summed E-state index contributed by atoms with van der Waals surface area (Å²) in [6.45, 7) is 11.2. The Bertz CT molecular complexity index is 664. The van der Waals surface area contributed by atoms with Gasteiger partial charge < -0.3 is 15.3 Å². The van der Waals surface area contributed by atoms with Gasteiger partial charge >= 0.3 is 0 Å². The summed E-state index contributed by atoms with van der Waals surface area (Å²) in [6, 6.07) is 0. The van der Waals surface area contributed by atoms with Gasteiger partial charge in [-0.1, -0.05) is 45.3 Å². The Morgan fingerprint density at radius 1 is 1.07 bits per heavy atom. The van der Waals surface area contributed by atoms with E-state index in [1.165, 1.54) is 37.7 Å². The second-order valence-electron chi connectivity index (χ2n) is 12.7. The molecule has 0 radical (unpaired) electrons. The van der Waals surface area contributed by atoms with Gasteiger partial charge in [0, 0.05) is 0 Å².